The number of aromatic nitrogens is 2. The number of nitro groups is 1. The number of hydrogen-bond donors (Lipinski definition) is 2. The summed E-state index contributed by atoms with van der Waals surface area (Å²) >= 11 is 17.6. The third-order valence-electron chi connectivity index (χ3n) is 3.72. The van der Waals surface area contributed by atoms with Crippen molar-refractivity contribution in [2.45, 2.75) is 6.18 Å². The molecule has 0 radical (unpaired) electrons. The minimum atomic E-state index is -4.71. The Hall–Kier alpha value is -2.82. The number of hydrogen-bond acceptors (Lipinski definition) is 6. The molecule has 0 spiro atoms. The van der Waals surface area contributed by atoms with Gasteiger partial charge in [-0.1, -0.05) is 34.8 Å². The molecule has 2 aromatic carbocycles. The largest absolute Gasteiger partial charge is 0.417 e. The van der Waals surface area contributed by atoms with Crippen LogP contribution in [0.2, 0.25) is 15.1 Å². The SMILES string of the molecule is O=[N+]([O-])c1c(Nc2ccc(Cl)c(C(F)(F)F)c2)ncnc1Nc1cc(Cl)ccc1Cl. The predicted octanol–water partition coefficient (Wildman–Crippen LogP) is 6.85. The fraction of sp³-hybridized carbons (Fsp3) is 0.0588. The number of nitrogens with zero attached hydrogens (tertiary/aromatic N) is 3. The van der Waals surface area contributed by atoms with Gasteiger partial charge in [-0.3, -0.25) is 10.1 Å². The molecule has 156 valence electrons. The van der Waals surface area contributed by atoms with E-state index in [0.29, 0.717) is 5.02 Å². The summed E-state index contributed by atoms with van der Waals surface area (Å²) < 4.78 is 39.2. The Morgan fingerprint density at radius 1 is 0.933 bits per heavy atom. The van der Waals surface area contributed by atoms with E-state index in [2.05, 4.69) is 20.6 Å². The lowest BCUT2D eigenvalue weighted by Gasteiger charge is -2.13. The van der Waals surface area contributed by atoms with Crippen LogP contribution in [0.3, 0.4) is 0 Å². The molecule has 0 fully saturated rings. The number of alkyl halides is 3. The van der Waals surface area contributed by atoms with Gasteiger partial charge in [0.1, 0.15) is 6.33 Å². The number of rotatable bonds is 5. The van der Waals surface area contributed by atoms with Crippen molar-refractivity contribution in [3.8, 4) is 0 Å². The van der Waals surface area contributed by atoms with Gasteiger partial charge in [0.25, 0.3) is 0 Å². The summed E-state index contributed by atoms with van der Waals surface area (Å²) in [7, 11) is 0. The molecule has 0 aliphatic heterocycles. The smallest absolute Gasteiger partial charge is 0.334 e. The Balaban J connectivity index is 2.02. The third kappa shape index (κ3) is 4.84. The van der Waals surface area contributed by atoms with Crippen LogP contribution in [0, 0.1) is 10.1 Å². The number of halogens is 6. The molecule has 0 bridgehead atoms. The van der Waals surface area contributed by atoms with Crippen LogP contribution in [-0.2, 0) is 6.18 Å². The van der Waals surface area contributed by atoms with Crippen LogP contribution in [0.1, 0.15) is 5.56 Å². The predicted molar refractivity (Wildman–Crippen MR) is 108 cm³/mol. The molecule has 0 aliphatic carbocycles. The Morgan fingerprint density at radius 3 is 2.20 bits per heavy atom. The zero-order chi connectivity index (χ0) is 22.1. The monoisotopic (exact) mass is 477 g/mol. The van der Waals surface area contributed by atoms with Gasteiger partial charge in [0.2, 0.25) is 11.6 Å². The molecule has 2 N–H and O–H groups in total. The van der Waals surface area contributed by atoms with E-state index in [1.54, 1.807) is 0 Å². The highest BCUT2D eigenvalue weighted by Crippen LogP contribution is 2.39. The first kappa shape index (κ1) is 21.9. The van der Waals surface area contributed by atoms with Crippen molar-refractivity contribution in [2.24, 2.45) is 0 Å². The summed E-state index contributed by atoms with van der Waals surface area (Å²) in [5.74, 6) is -0.585. The number of anilines is 4. The van der Waals surface area contributed by atoms with E-state index in [4.69, 9.17) is 34.8 Å². The molecular weight excluding hydrogens is 470 g/mol. The fourth-order valence-electron chi connectivity index (χ4n) is 2.41. The molecule has 0 amide bonds. The van der Waals surface area contributed by atoms with Crippen molar-refractivity contribution in [1.29, 1.82) is 0 Å². The molecule has 3 rings (SSSR count). The summed E-state index contributed by atoms with van der Waals surface area (Å²) in [5.41, 5.74) is -1.59. The molecule has 0 saturated heterocycles. The minimum absolute atomic E-state index is 0.111. The van der Waals surface area contributed by atoms with Crippen molar-refractivity contribution in [3.05, 3.63) is 73.5 Å². The highest BCUT2D eigenvalue weighted by molar-refractivity contribution is 6.35. The highest BCUT2D eigenvalue weighted by Gasteiger charge is 2.33. The van der Waals surface area contributed by atoms with Gasteiger partial charge in [-0.15, -0.1) is 0 Å². The third-order valence-corrected chi connectivity index (χ3v) is 4.62. The van der Waals surface area contributed by atoms with E-state index in [1.165, 1.54) is 24.3 Å². The average molecular weight is 479 g/mol. The van der Waals surface area contributed by atoms with E-state index < -0.39 is 27.4 Å². The van der Waals surface area contributed by atoms with Crippen LogP contribution < -0.4 is 10.6 Å². The molecule has 30 heavy (non-hydrogen) atoms. The van der Waals surface area contributed by atoms with Crippen LogP contribution in [0.5, 0.6) is 0 Å². The van der Waals surface area contributed by atoms with Gasteiger partial charge in [0, 0.05) is 10.7 Å². The van der Waals surface area contributed by atoms with Crippen LogP contribution >= 0.6 is 34.8 Å². The molecule has 7 nitrogen and oxygen atoms in total. The first-order chi connectivity index (χ1) is 14.1. The van der Waals surface area contributed by atoms with Crippen molar-refractivity contribution in [2.75, 3.05) is 10.6 Å². The summed E-state index contributed by atoms with van der Waals surface area (Å²) in [6.45, 7) is 0. The van der Waals surface area contributed by atoms with Gasteiger partial charge in [-0.05, 0) is 36.4 Å². The van der Waals surface area contributed by atoms with Gasteiger partial charge in [-0.25, -0.2) is 9.97 Å². The topological polar surface area (TPSA) is 93.0 Å². The Labute approximate surface area is 182 Å². The van der Waals surface area contributed by atoms with Crippen LogP contribution in [0.4, 0.5) is 41.9 Å². The summed E-state index contributed by atoms with van der Waals surface area (Å²) in [5, 5.41) is 16.8. The molecule has 0 unspecified atom stereocenters. The first-order valence-corrected chi connectivity index (χ1v) is 9.05. The minimum Gasteiger partial charge on any atom is -0.334 e. The lowest BCUT2D eigenvalue weighted by atomic mass is 10.2. The molecule has 13 heteroatoms. The molecule has 0 saturated carbocycles. The summed E-state index contributed by atoms with van der Waals surface area (Å²) in [4.78, 5) is 18.5. The van der Waals surface area contributed by atoms with Crippen molar-refractivity contribution in [3.63, 3.8) is 0 Å². The molecule has 1 aromatic heterocycles. The van der Waals surface area contributed by atoms with Gasteiger partial charge in [-0.2, -0.15) is 13.2 Å². The maximum absolute atomic E-state index is 13.1. The van der Waals surface area contributed by atoms with Gasteiger partial charge in [0.15, 0.2) is 0 Å². The molecule has 3 aromatic rings. The zero-order valence-electron chi connectivity index (χ0n) is 14.5. The Bertz CT molecular complexity index is 1130. The highest BCUT2D eigenvalue weighted by atomic mass is 35.5. The Kier molecular flexibility index (Phi) is 6.20. The average Bonchev–Trinajstić information content (AvgIpc) is 2.65. The maximum Gasteiger partial charge on any atom is 0.417 e. The van der Waals surface area contributed by atoms with E-state index in [0.717, 1.165) is 18.5 Å². The normalized spacial score (nSPS) is 11.3. The molecule has 0 aliphatic rings. The lowest BCUT2D eigenvalue weighted by Crippen LogP contribution is -2.08. The first-order valence-electron chi connectivity index (χ1n) is 7.91. The number of nitrogens with one attached hydrogen (secondary N) is 2. The standard InChI is InChI=1S/C17H9Cl3F3N5O2/c18-8-1-3-12(20)13(5-8)27-16-14(28(29)30)15(24-7-25-16)26-9-2-4-11(19)10(6-9)17(21,22)23/h1-7H,(H2,24,25,26,27). The molecule has 0 atom stereocenters. The van der Waals surface area contributed by atoms with Gasteiger partial charge < -0.3 is 10.6 Å². The Morgan fingerprint density at radius 2 is 1.57 bits per heavy atom. The van der Waals surface area contributed by atoms with E-state index in [9.17, 15) is 23.3 Å². The molecule has 1 heterocycles. The summed E-state index contributed by atoms with van der Waals surface area (Å²) in [6, 6.07) is 7.39. The number of benzene rings is 2. The molecular formula is C17H9Cl3F3N5O2. The lowest BCUT2D eigenvalue weighted by molar-refractivity contribution is -0.383. The second kappa shape index (κ2) is 8.50. The van der Waals surface area contributed by atoms with Gasteiger partial charge in [0.05, 0.1) is 26.2 Å². The van der Waals surface area contributed by atoms with Crippen molar-refractivity contribution < 1.29 is 18.1 Å². The van der Waals surface area contributed by atoms with E-state index in [-0.39, 0.29) is 28.0 Å². The fourth-order valence-corrected chi connectivity index (χ4v) is 2.97. The second-order valence-electron chi connectivity index (χ2n) is 5.74. The van der Waals surface area contributed by atoms with Gasteiger partial charge >= 0.3 is 11.9 Å². The van der Waals surface area contributed by atoms with Crippen LogP contribution in [0.25, 0.3) is 0 Å². The maximum atomic E-state index is 13.1. The quantitative estimate of drug-likeness (QED) is 0.308. The zero-order valence-corrected chi connectivity index (χ0v) is 16.7. The summed E-state index contributed by atoms with van der Waals surface area (Å²) in [6.07, 6.45) is -3.71. The van der Waals surface area contributed by atoms with Crippen LogP contribution in [0.15, 0.2) is 42.7 Å². The van der Waals surface area contributed by atoms with Crippen LogP contribution in [-0.4, -0.2) is 14.9 Å². The second-order valence-corrected chi connectivity index (χ2v) is 6.99. The van der Waals surface area contributed by atoms with E-state index in [1.807, 2.05) is 0 Å². The van der Waals surface area contributed by atoms with Crippen molar-refractivity contribution in [1.82, 2.24) is 9.97 Å². The van der Waals surface area contributed by atoms with Crippen molar-refractivity contribution >= 4 is 63.5 Å². The van der Waals surface area contributed by atoms with E-state index >= 15 is 0 Å².